The van der Waals surface area contributed by atoms with E-state index in [4.69, 9.17) is 4.52 Å². The number of sulfonamides is 1. The van der Waals surface area contributed by atoms with Gasteiger partial charge in [0.05, 0.1) is 24.2 Å². The molecule has 0 fully saturated rings. The highest BCUT2D eigenvalue weighted by Gasteiger charge is 2.21. The summed E-state index contributed by atoms with van der Waals surface area (Å²) in [6.07, 6.45) is 1.08. The number of benzene rings is 1. The van der Waals surface area contributed by atoms with Crippen molar-refractivity contribution in [3.8, 4) is 10.7 Å². The first kappa shape index (κ1) is 19.2. The highest BCUT2D eigenvalue weighted by molar-refractivity contribution is 7.88. The minimum Gasteiger partial charge on any atom is -0.346 e. The quantitative estimate of drug-likeness (QED) is 0.612. The monoisotopic (exact) mass is 406 g/mol. The lowest BCUT2D eigenvalue weighted by Gasteiger charge is -2.19. The number of aromatic nitrogens is 2. The topological polar surface area (TPSA) is 105 Å². The van der Waals surface area contributed by atoms with Crippen LogP contribution in [0.5, 0.6) is 0 Å². The lowest BCUT2D eigenvalue weighted by Crippen LogP contribution is -2.39. The zero-order valence-corrected chi connectivity index (χ0v) is 16.2. The first-order valence-corrected chi connectivity index (χ1v) is 10.8. The molecule has 0 aliphatic rings. The number of nitrogens with zero attached hydrogens (tertiary/aromatic N) is 3. The molecular weight excluding hydrogens is 388 g/mol. The van der Waals surface area contributed by atoms with Crippen LogP contribution < -0.4 is 5.32 Å². The van der Waals surface area contributed by atoms with Crippen LogP contribution in [0.25, 0.3) is 10.7 Å². The Labute approximate surface area is 160 Å². The lowest BCUT2D eigenvalue weighted by atomic mass is 10.2. The molecule has 0 aliphatic heterocycles. The number of rotatable bonds is 8. The molecule has 1 amide bonds. The van der Waals surface area contributed by atoms with Crippen molar-refractivity contribution in [1.82, 2.24) is 19.8 Å². The average molecular weight is 406 g/mol. The van der Waals surface area contributed by atoms with Gasteiger partial charge in [0.25, 0.3) is 0 Å². The molecule has 0 radical (unpaired) electrons. The SMILES string of the molecule is CS(=O)(=O)N(CC(=O)NCc1nc(-c2cccs2)no1)Cc1ccccc1. The Bertz CT molecular complexity index is 985. The lowest BCUT2D eigenvalue weighted by molar-refractivity contribution is -0.121. The van der Waals surface area contributed by atoms with Crippen molar-refractivity contribution in [2.45, 2.75) is 13.1 Å². The van der Waals surface area contributed by atoms with Gasteiger partial charge in [-0.15, -0.1) is 11.3 Å². The zero-order valence-electron chi connectivity index (χ0n) is 14.5. The molecule has 0 unspecified atom stereocenters. The molecule has 0 spiro atoms. The van der Waals surface area contributed by atoms with E-state index in [1.54, 1.807) is 12.1 Å². The van der Waals surface area contributed by atoms with Crippen molar-refractivity contribution in [3.63, 3.8) is 0 Å². The van der Waals surface area contributed by atoms with Crippen LogP contribution in [-0.4, -0.2) is 41.6 Å². The normalized spacial score (nSPS) is 11.6. The smallest absolute Gasteiger partial charge is 0.246 e. The van der Waals surface area contributed by atoms with E-state index >= 15 is 0 Å². The van der Waals surface area contributed by atoms with Gasteiger partial charge in [0.2, 0.25) is 27.6 Å². The predicted molar refractivity (Wildman–Crippen MR) is 101 cm³/mol. The van der Waals surface area contributed by atoms with Gasteiger partial charge in [-0.3, -0.25) is 4.79 Å². The van der Waals surface area contributed by atoms with Gasteiger partial charge >= 0.3 is 0 Å². The van der Waals surface area contributed by atoms with Gasteiger partial charge in [0.1, 0.15) is 0 Å². The summed E-state index contributed by atoms with van der Waals surface area (Å²) in [5.41, 5.74) is 0.799. The van der Waals surface area contributed by atoms with Gasteiger partial charge in [-0.1, -0.05) is 41.6 Å². The molecule has 3 rings (SSSR count). The number of amides is 1. The van der Waals surface area contributed by atoms with Crippen LogP contribution in [0.4, 0.5) is 0 Å². The average Bonchev–Trinajstić information content (AvgIpc) is 3.31. The fourth-order valence-electron chi connectivity index (χ4n) is 2.30. The van der Waals surface area contributed by atoms with E-state index in [0.29, 0.717) is 5.82 Å². The van der Waals surface area contributed by atoms with Crippen LogP contribution in [0, 0.1) is 0 Å². The second-order valence-corrected chi connectivity index (χ2v) is 8.71. The van der Waals surface area contributed by atoms with Gasteiger partial charge in [-0.05, 0) is 17.0 Å². The molecule has 10 heteroatoms. The van der Waals surface area contributed by atoms with Crippen LogP contribution in [0.15, 0.2) is 52.4 Å². The van der Waals surface area contributed by atoms with E-state index in [0.717, 1.165) is 21.0 Å². The molecule has 0 saturated heterocycles. The predicted octanol–water partition coefficient (Wildman–Crippen LogP) is 1.88. The molecule has 142 valence electrons. The standard InChI is InChI=1S/C17H18N4O4S2/c1-27(23,24)21(11-13-6-3-2-4-7-13)12-15(22)18-10-16-19-17(20-25-16)14-8-5-9-26-14/h2-9H,10-12H2,1H3,(H,18,22). The third-order valence-corrected chi connectivity index (χ3v) is 5.70. The maximum absolute atomic E-state index is 12.2. The maximum atomic E-state index is 12.2. The van der Waals surface area contributed by atoms with Crippen molar-refractivity contribution in [2.75, 3.05) is 12.8 Å². The maximum Gasteiger partial charge on any atom is 0.246 e. The van der Waals surface area contributed by atoms with E-state index < -0.39 is 15.9 Å². The van der Waals surface area contributed by atoms with Gasteiger partial charge in [0, 0.05) is 6.54 Å². The Morgan fingerprint density at radius 1 is 1.22 bits per heavy atom. The minimum atomic E-state index is -3.54. The minimum absolute atomic E-state index is 0.0279. The molecule has 0 aliphatic carbocycles. The largest absolute Gasteiger partial charge is 0.346 e. The summed E-state index contributed by atoms with van der Waals surface area (Å²) in [5, 5.41) is 8.37. The van der Waals surface area contributed by atoms with Gasteiger partial charge in [-0.2, -0.15) is 9.29 Å². The summed E-state index contributed by atoms with van der Waals surface area (Å²) in [6, 6.07) is 12.8. The first-order chi connectivity index (χ1) is 12.9. The molecule has 0 bridgehead atoms. The molecule has 2 heterocycles. The Kier molecular flexibility index (Phi) is 5.99. The van der Waals surface area contributed by atoms with Crippen LogP contribution in [0.1, 0.15) is 11.5 Å². The molecule has 8 nitrogen and oxygen atoms in total. The number of carbonyl (C=O) groups excluding carboxylic acids is 1. The third-order valence-electron chi connectivity index (χ3n) is 3.64. The molecule has 1 aromatic carbocycles. The second-order valence-electron chi connectivity index (χ2n) is 5.78. The molecular formula is C17H18N4O4S2. The molecule has 27 heavy (non-hydrogen) atoms. The summed E-state index contributed by atoms with van der Waals surface area (Å²) in [7, 11) is -3.54. The molecule has 2 aromatic heterocycles. The molecule has 0 atom stereocenters. The molecule has 3 aromatic rings. The number of nitrogens with one attached hydrogen (secondary N) is 1. The van der Waals surface area contributed by atoms with Gasteiger partial charge in [0.15, 0.2) is 0 Å². The Morgan fingerprint density at radius 2 is 2.00 bits per heavy atom. The van der Waals surface area contributed by atoms with Crippen molar-refractivity contribution < 1.29 is 17.7 Å². The Hall–Kier alpha value is -2.56. The van der Waals surface area contributed by atoms with E-state index in [1.165, 1.54) is 11.3 Å². The summed E-state index contributed by atoms with van der Waals surface area (Å²) in [5.74, 6) is 0.254. The number of hydrogen-bond donors (Lipinski definition) is 1. The van der Waals surface area contributed by atoms with Crippen LogP contribution in [0.2, 0.25) is 0 Å². The Morgan fingerprint density at radius 3 is 2.67 bits per heavy atom. The van der Waals surface area contributed by atoms with Gasteiger partial charge < -0.3 is 9.84 Å². The molecule has 1 N–H and O–H groups in total. The summed E-state index contributed by atoms with van der Waals surface area (Å²) in [6.45, 7) is -0.143. The highest BCUT2D eigenvalue weighted by atomic mass is 32.2. The van der Waals surface area contributed by atoms with Crippen LogP contribution in [-0.2, 0) is 27.9 Å². The van der Waals surface area contributed by atoms with E-state index in [9.17, 15) is 13.2 Å². The number of hydrogen-bond acceptors (Lipinski definition) is 7. The van der Waals surface area contributed by atoms with Crippen molar-refractivity contribution in [1.29, 1.82) is 0 Å². The summed E-state index contributed by atoms with van der Waals surface area (Å²) in [4.78, 5) is 17.3. The zero-order chi connectivity index (χ0) is 19.3. The first-order valence-electron chi connectivity index (χ1n) is 8.04. The highest BCUT2D eigenvalue weighted by Crippen LogP contribution is 2.21. The number of thiophene rings is 1. The van der Waals surface area contributed by atoms with E-state index in [-0.39, 0.29) is 25.5 Å². The van der Waals surface area contributed by atoms with Crippen molar-refractivity contribution in [2.24, 2.45) is 0 Å². The third kappa shape index (κ3) is 5.46. The van der Waals surface area contributed by atoms with Gasteiger partial charge in [-0.25, -0.2) is 8.42 Å². The van der Waals surface area contributed by atoms with Crippen molar-refractivity contribution in [3.05, 3.63) is 59.3 Å². The Balaban J connectivity index is 1.58. The molecule has 0 saturated carbocycles. The second kappa shape index (κ2) is 8.42. The van der Waals surface area contributed by atoms with Crippen LogP contribution in [0.3, 0.4) is 0 Å². The summed E-state index contributed by atoms with van der Waals surface area (Å²) < 4.78 is 30.2. The number of carbonyl (C=O) groups is 1. The fraction of sp³-hybridized carbons (Fsp3) is 0.235. The fourth-order valence-corrected chi connectivity index (χ4v) is 3.68. The van der Waals surface area contributed by atoms with E-state index in [1.807, 2.05) is 35.7 Å². The van der Waals surface area contributed by atoms with Crippen LogP contribution >= 0.6 is 11.3 Å². The van der Waals surface area contributed by atoms with Crippen molar-refractivity contribution >= 4 is 27.3 Å². The summed E-state index contributed by atoms with van der Waals surface area (Å²) >= 11 is 1.48. The van der Waals surface area contributed by atoms with E-state index in [2.05, 4.69) is 15.5 Å².